The molecule has 0 unspecified atom stereocenters. The van der Waals surface area contributed by atoms with Gasteiger partial charge in [0, 0.05) is 35.4 Å². The minimum atomic E-state index is -0.510. The maximum atomic E-state index is 14.4. The van der Waals surface area contributed by atoms with E-state index in [-0.39, 0.29) is 24.0 Å². The van der Waals surface area contributed by atoms with Crippen molar-refractivity contribution in [1.82, 2.24) is 25.6 Å². The predicted molar refractivity (Wildman–Crippen MR) is 183 cm³/mol. The van der Waals surface area contributed by atoms with Crippen molar-refractivity contribution in [2.24, 2.45) is 11.8 Å². The van der Waals surface area contributed by atoms with Crippen molar-refractivity contribution in [3.63, 3.8) is 0 Å². The average molecular weight is 610 g/mol. The van der Waals surface area contributed by atoms with Crippen LogP contribution in [0.15, 0.2) is 109 Å². The fourth-order valence-electron chi connectivity index (χ4n) is 6.76. The summed E-state index contributed by atoms with van der Waals surface area (Å²) in [5, 5.41) is 10.1. The highest BCUT2D eigenvalue weighted by Crippen LogP contribution is 2.28. The van der Waals surface area contributed by atoms with Crippen LogP contribution in [0.1, 0.15) is 42.3 Å². The molecule has 2 atom stereocenters. The molecule has 46 heavy (non-hydrogen) atoms. The van der Waals surface area contributed by atoms with Gasteiger partial charge in [0.1, 0.15) is 11.6 Å². The zero-order chi connectivity index (χ0) is 31.3. The van der Waals surface area contributed by atoms with E-state index in [1.807, 2.05) is 73.1 Å². The number of carbonyl (C=O) groups is 2. The Morgan fingerprint density at radius 1 is 0.848 bits per heavy atom. The molecule has 7 nitrogen and oxygen atoms in total. The van der Waals surface area contributed by atoms with Gasteiger partial charge in [0.15, 0.2) is 0 Å². The number of hydrogen-bond donors (Lipinski definition) is 4. The van der Waals surface area contributed by atoms with Gasteiger partial charge in [0.2, 0.25) is 5.91 Å². The molecule has 0 aliphatic carbocycles. The van der Waals surface area contributed by atoms with E-state index in [1.54, 1.807) is 0 Å². The Hall–Kier alpha value is -5.01. The molecule has 0 bridgehead atoms. The number of para-hydroxylation sites is 1. The number of hydrogen-bond acceptors (Lipinski definition) is 4. The summed E-state index contributed by atoms with van der Waals surface area (Å²) >= 11 is 0. The van der Waals surface area contributed by atoms with Gasteiger partial charge in [0.25, 0.3) is 0 Å². The molecular formula is C39H39N5O2. The molecule has 1 saturated heterocycles. The van der Waals surface area contributed by atoms with E-state index in [9.17, 15) is 9.59 Å². The van der Waals surface area contributed by atoms with Gasteiger partial charge in [-0.05, 0) is 72.3 Å². The summed E-state index contributed by atoms with van der Waals surface area (Å²) in [6.07, 6.45) is 6.69. The van der Waals surface area contributed by atoms with Crippen LogP contribution < -0.4 is 10.6 Å². The number of aromatic nitrogens is 3. The van der Waals surface area contributed by atoms with Gasteiger partial charge in [0.05, 0.1) is 17.9 Å². The molecule has 7 rings (SSSR count). The van der Waals surface area contributed by atoms with Gasteiger partial charge in [-0.3, -0.25) is 9.59 Å². The zero-order valence-electron chi connectivity index (χ0n) is 25.8. The van der Waals surface area contributed by atoms with Crippen LogP contribution in [0.5, 0.6) is 0 Å². The number of rotatable bonds is 11. The van der Waals surface area contributed by atoms with Gasteiger partial charge in [-0.25, -0.2) is 4.98 Å². The predicted octanol–water partition coefficient (Wildman–Crippen LogP) is 6.93. The van der Waals surface area contributed by atoms with Gasteiger partial charge in [-0.15, -0.1) is 0 Å². The van der Waals surface area contributed by atoms with Crippen molar-refractivity contribution in [1.29, 1.82) is 0 Å². The Kier molecular flexibility index (Phi) is 8.74. The molecule has 2 aromatic heterocycles. The number of benzene rings is 4. The Balaban J connectivity index is 1.19. The highest BCUT2D eigenvalue weighted by molar-refractivity contribution is 5.90. The van der Waals surface area contributed by atoms with Crippen LogP contribution in [-0.4, -0.2) is 39.7 Å². The molecule has 0 saturated carbocycles. The molecule has 3 heterocycles. The first-order valence-electron chi connectivity index (χ1n) is 16.3. The maximum absolute atomic E-state index is 14.4. The third kappa shape index (κ3) is 6.65. The Bertz CT molecular complexity index is 1950. The average Bonchev–Trinajstić information content (AvgIpc) is 3.76. The van der Waals surface area contributed by atoms with Crippen LogP contribution in [0.2, 0.25) is 0 Å². The summed E-state index contributed by atoms with van der Waals surface area (Å²) in [4.78, 5) is 39.6. The van der Waals surface area contributed by atoms with Gasteiger partial charge in [-0.1, -0.05) is 91.0 Å². The fraction of sp³-hybridized carbons (Fsp3) is 0.256. The van der Waals surface area contributed by atoms with Crippen LogP contribution in [0, 0.1) is 11.8 Å². The molecule has 0 spiro atoms. The highest BCUT2D eigenvalue weighted by Gasteiger charge is 2.30. The number of nitrogens with one attached hydrogen (secondary N) is 4. The van der Waals surface area contributed by atoms with Crippen LogP contribution in [0.4, 0.5) is 0 Å². The van der Waals surface area contributed by atoms with E-state index in [1.165, 1.54) is 5.39 Å². The molecule has 6 aromatic rings. The highest BCUT2D eigenvalue weighted by atomic mass is 16.2. The van der Waals surface area contributed by atoms with Crippen molar-refractivity contribution in [2.45, 2.75) is 38.1 Å². The van der Waals surface area contributed by atoms with Crippen molar-refractivity contribution in [3.8, 4) is 11.3 Å². The minimum Gasteiger partial charge on any atom is -0.361 e. The summed E-state index contributed by atoms with van der Waals surface area (Å²) in [6, 6.07) is 32.5. The smallest absolute Gasteiger partial charge is 0.224 e. The lowest BCUT2D eigenvalue weighted by atomic mass is 9.85. The second-order valence-electron chi connectivity index (χ2n) is 12.5. The third-order valence-electron chi connectivity index (χ3n) is 9.33. The Morgan fingerprint density at radius 2 is 1.61 bits per heavy atom. The molecular weight excluding hydrogens is 570 g/mol. The molecule has 1 aliphatic heterocycles. The third-order valence-corrected chi connectivity index (χ3v) is 9.33. The van der Waals surface area contributed by atoms with Gasteiger partial charge >= 0.3 is 0 Å². The molecule has 0 radical (unpaired) electrons. The first-order valence-corrected chi connectivity index (χ1v) is 16.3. The molecule has 4 N–H and O–H groups in total. The van der Waals surface area contributed by atoms with Crippen LogP contribution in [0.3, 0.4) is 0 Å². The summed E-state index contributed by atoms with van der Waals surface area (Å²) in [7, 11) is 0. The first-order chi connectivity index (χ1) is 22.6. The largest absolute Gasteiger partial charge is 0.361 e. The lowest BCUT2D eigenvalue weighted by Gasteiger charge is -2.25. The number of ketones is 1. The monoisotopic (exact) mass is 609 g/mol. The second-order valence-corrected chi connectivity index (χ2v) is 12.5. The van der Waals surface area contributed by atoms with Crippen molar-refractivity contribution in [2.75, 3.05) is 13.1 Å². The Labute approximate surface area is 268 Å². The van der Waals surface area contributed by atoms with Crippen molar-refractivity contribution >= 4 is 33.4 Å². The minimum absolute atomic E-state index is 0.00794. The standard InChI is InChI=1S/C39H39N5O2/c45-37(29-16-18-40-19-17-29)23-31(22-32-24-41-34-13-7-6-12-33(32)34)39(46)44-35(21-26-14-15-27-8-4-5-11-30(27)20-26)38-42-25-36(43-38)28-9-2-1-3-10-28/h1-15,20,24-25,29,31,35,40-41H,16-19,21-23H2,(H,42,43)(H,44,46)/t31-,35+/m0/s1. The molecule has 1 fully saturated rings. The number of Topliss-reactive ketones (excluding diaryl/α,β-unsaturated/α-hetero) is 1. The normalized spacial score (nSPS) is 15.1. The SMILES string of the molecule is O=C(C[C@H](Cc1c[nH]c2ccccc12)C(=O)N[C@H](Cc1ccc2ccccc2c1)c1ncc(-c2ccccc2)[nH]1)C1CCNCC1. The number of nitrogens with zero attached hydrogens (tertiary/aromatic N) is 1. The van der Waals surface area contributed by atoms with E-state index in [0.29, 0.717) is 18.7 Å². The lowest BCUT2D eigenvalue weighted by Crippen LogP contribution is -2.39. The molecule has 1 amide bonds. The molecule has 1 aliphatic rings. The first kappa shape index (κ1) is 29.7. The van der Waals surface area contributed by atoms with Crippen LogP contribution in [0.25, 0.3) is 32.9 Å². The summed E-state index contributed by atoms with van der Waals surface area (Å²) in [5.74, 6) is 0.222. The number of piperidine rings is 1. The van der Waals surface area contributed by atoms with E-state index in [2.05, 4.69) is 57.0 Å². The lowest BCUT2D eigenvalue weighted by molar-refractivity contribution is -0.132. The van der Waals surface area contributed by atoms with Crippen molar-refractivity contribution in [3.05, 3.63) is 126 Å². The maximum Gasteiger partial charge on any atom is 0.224 e. The number of H-pyrrole nitrogens is 2. The second kappa shape index (κ2) is 13.5. The van der Waals surface area contributed by atoms with Crippen LogP contribution >= 0.6 is 0 Å². The number of amides is 1. The van der Waals surface area contributed by atoms with Gasteiger partial charge < -0.3 is 20.6 Å². The van der Waals surface area contributed by atoms with E-state index >= 15 is 0 Å². The molecule has 232 valence electrons. The Morgan fingerprint density at radius 3 is 2.46 bits per heavy atom. The summed E-state index contributed by atoms with van der Waals surface area (Å²) < 4.78 is 0. The quantitative estimate of drug-likeness (QED) is 0.128. The van der Waals surface area contributed by atoms with E-state index in [4.69, 9.17) is 4.98 Å². The van der Waals surface area contributed by atoms with E-state index < -0.39 is 12.0 Å². The van der Waals surface area contributed by atoms with E-state index in [0.717, 1.165) is 64.6 Å². The number of carbonyl (C=O) groups excluding carboxylic acids is 2. The molecule has 7 heteroatoms. The number of aromatic amines is 2. The summed E-state index contributed by atoms with van der Waals surface area (Å²) in [6.45, 7) is 1.68. The molecule has 4 aromatic carbocycles. The number of imidazole rings is 1. The topological polar surface area (TPSA) is 103 Å². The fourth-order valence-corrected chi connectivity index (χ4v) is 6.76. The van der Waals surface area contributed by atoms with Crippen LogP contribution in [-0.2, 0) is 22.4 Å². The van der Waals surface area contributed by atoms with Gasteiger partial charge in [-0.2, -0.15) is 0 Å². The number of fused-ring (bicyclic) bond motifs is 2. The van der Waals surface area contributed by atoms with Crippen molar-refractivity contribution < 1.29 is 9.59 Å². The zero-order valence-corrected chi connectivity index (χ0v) is 25.8. The summed E-state index contributed by atoms with van der Waals surface area (Å²) in [5.41, 5.74) is 5.09.